The van der Waals surface area contributed by atoms with Crippen molar-refractivity contribution in [1.82, 2.24) is 30.0 Å². The van der Waals surface area contributed by atoms with Crippen LogP contribution in [0.2, 0.25) is 5.02 Å². The summed E-state index contributed by atoms with van der Waals surface area (Å²) in [6.45, 7) is 0. The van der Waals surface area contributed by atoms with Crippen LogP contribution in [-0.4, -0.2) is 41.1 Å². The first-order valence-electron chi connectivity index (χ1n) is 5.77. The Morgan fingerprint density at radius 1 is 1.45 bits per heavy atom. The molecule has 0 bridgehead atoms. The normalized spacial score (nSPS) is 11.1. The number of aryl methyl sites for hydroxylation is 1. The highest BCUT2D eigenvalue weighted by Gasteiger charge is 2.16. The molecule has 20 heavy (non-hydrogen) atoms. The number of carbonyl (C=O) groups is 1. The fraction of sp³-hybridized carbons (Fsp3) is 0.182. The quantitative estimate of drug-likeness (QED) is 0.747. The summed E-state index contributed by atoms with van der Waals surface area (Å²) in [4.78, 5) is 15.0. The van der Waals surface area contributed by atoms with Crippen LogP contribution in [0.15, 0.2) is 18.3 Å². The molecule has 3 heterocycles. The minimum Gasteiger partial charge on any atom is -0.481 e. The molecular formula is C11H9ClN6O2. The molecule has 0 aliphatic rings. The second-order valence-electron chi connectivity index (χ2n) is 4.09. The summed E-state index contributed by atoms with van der Waals surface area (Å²) in [5.74, 6) is -0.518. The van der Waals surface area contributed by atoms with Crippen LogP contribution in [0.5, 0.6) is 0 Å². The molecule has 0 radical (unpaired) electrons. The molecule has 0 unspecified atom stereocenters. The molecule has 3 aromatic heterocycles. The first-order valence-corrected chi connectivity index (χ1v) is 6.15. The number of tetrazole rings is 1. The predicted molar refractivity (Wildman–Crippen MR) is 69.3 cm³/mol. The highest BCUT2D eigenvalue weighted by Crippen LogP contribution is 2.24. The Labute approximate surface area is 117 Å². The van der Waals surface area contributed by atoms with E-state index >= 15 is 0 Å². The van der Waals surface area contributed by atoms with Crippen LogP contribution < -0.4 is 0 Å². The van der Waals surface area contributed by atoms with Gasteiger partial charge in [0.2, 0.25) is 5.82 Å². The van der Waals surface area contributed by atoms with Gasteiger partial charge in [-0.05, 0) is 17.3 Å². The Morgan fingerprint density at radius 3 is 3.00 bits per heavy atom. The smallest absolute Gasteiger partial charge is 0.303 e. The number of aliphatic carboxylic acids is 1. The van der Waals surface area contributed by atoms with Crippen molar-refractivity contribution in [2.75, 3.05) is 0 Å². The van der Waals surface area contributed by atoms with E-state index in [1.807, 2.05) is 0 Å². The van der Waals surface area contributed by atoms with Crippen molar-refractivity contribution in [2.45, 2.75) is 12.8 Å². The fourth-order valence-corrected chi connectivity index (χ4v) is 2.24. The Morgan fingerprint density at radius 2 is 2.30 bits per heavy atom. The molecule has 0 aliphatic carbocycles. The highest BCUT2D eigenvalue weighted by atomic mass is 35.5. The molecule has 0 saturated heterocycles. The number of nitrogens with one attached hydrogen (secondary N) is 1. The number of carboxylic acid groups (broad SMARTS) is 1. The average molecular weight is 293 g/mol. The van der Waals surface area contributed by atoms with Crippen molar-refractivity contribution in [3.05, 3.63) is 29.0 Å². The molecule has 0 amide bonds. The summed E-state index contributed by atoms with van der Waals surface area (Å²) in [7, 11) is 0. The Kier molecular flexibility index (Phi) is 3.07. The Bertz CT molecular complexity index is 767. The van der Waals surface area contributed by atoms with Gasteiger partial charge in [-0.2, -0.15) is 5.21 Å². The van der Waals surface area contributed by atoms with E-state index in [9.17, 15) is 4.79 Å². The van der Waals surface area contributed by atoms with Crippen LogP contribution in [-0.2, 0) is 11.2 Å². The molecule has 3 aromatic rings. The minimum atomic E-state index is -0.890. The van der Waals surface area contributed by atoms with E-state index in [1.54, 1.807) is 22.7 Å². The topological polar surface area (TPSA) is 109 Å². The molecule has 8 nitrogen and oxygen atoms in total. The molecule has 0 aliphatic heterocycles. The van der Waals surface area contributed by atoms with Crippen molar-refractivity contribution in [3.8, 4) is 11.5 Å². The molecule has 0 atom stereocenters. The third-order valence-electron chi connectivity index (χ3n) is 2.86. The Balaban J connectivity index is 2.18. The van der Waals surface area contributed by atoms with Gasteiger partial charge in [0.1, 0.15) is 11.3 Å². The highest BCUT2D eigenvalue weighted by molar-refractivity contribution is 6.31. The van der Waals surface area contributed by atoms with E-state index in [0.717, 1.165) is 0 Å². The van der Waals surface area contributed by atoms with Gasteiger partial charge >= 0.3 is 5.97 Å². The van der Waals surface area contributed by atoms with Crippen molar-refractivity contribution in [3.63, 3.8) is 0 Å². The van der Waals surface area contributed by atoms with Gasteiger partial charge in [0, 0.05) is 12.1 Å². The number of hydrogen-bond acceptors (Lipinski definition) is 5. The lowest BCUT2D eigenvalue weighted by Crippen LogP contribution is -2.04. The first-order chi connectivity index (χ1) is 9.66. The van der Waals surface area contributed by atoms with Gasteiger partial charge in [-0.15, -0.1) is 10.2 Å². The van der Waals surface area contributed by atoms with Gasteiger partial charge < -0.3 is 5.11 Å². The zero-order valence-corrected chi connectivity index (χ0v) is 10.9. The van der Waals surface area contributed by atoms with Gasteiger partial charge in [0.05, 0.1) is 17.6 Å². The largest absolute Gasteiger partial charge is 0.481 e. The van der Waals surface area contributed by atoms with Crippen LogP contribution >= 0.6 is 11.6 Å². The van der Waals surface area contributed by atoms with Crippen LogP contribution in [0.3, 0.4) is 0 Å². The Hall–Kier alpha value is -2.48. The number of halogens is 1. The van der Waals surface area contributed by atoms with Crippen molar-refractivity contribution in [1.29, 1.82) is 0 Å². The molecular weight excluding hydrogens is 284 g/mol. The number of H-pyrrole nitrogens is 1. The van der Waals surface area contributed by atoms with Gasteiger partial charge in [0.15, 0.2) is 0 Å². The monoisotopic (exact) mass is 292 g/mol. The summed E-state index contributed by atoms with van der Waals surface area (Å²) in [5, 5.41) is 23.0. The van der Waals surface area contributed by atoms with Gasteiger partial charge in [-0.3, -0.25) is 9.20 Å². The maximum absolute atomic E-state index is 10.8. The summed E-state index contributed by atoms with van der Waals surface area (Å²) in [6, 6.07) is 3.44. The molecule has 0 spiro atoms. The number of pyridine rings is 1. The molecule has 0 fully saturated rings. The number of rotatable bonds is 4. The SMILES string of the molecule is O=C(O)CCc1c(Cl)ccc2ncc(-c3nn[nH]n3)n12. The summed E-state index contributed by atoms with van der Waals surface area (Å²) >= 11 is 6.17. The van der Waals surface area contributed by atoms with E-state index in [4.69, 9.17) is 16.7 Å². The van der Waals surface area contributed by atoms with E-state index in [2.05, 4.69) is 25.6 Å². The molecule has 102 valence electrons. The van der Waals surface area contributed by atoms with Crippen LogP contribution in [0.25, 0.3) is 17.2 Å². The van der Waals surface area contributed by atoms with E-state index < -0.39 is 5.97 Å². The lowest BCUT2D eigenvalue weighted by Gasteiger charge is -2.08. The lowest BCUT2D eigenvalue weighted by molar-refractivity contribution is -0.136. The number of aromatic amines is 1. The zero-order valence-electron chi connectivity index (χ0n) is 10.1. The maximum atomic E-state index is 10.8. The second kappa shape index (κ2) is 4.89. The number of nitrogens with zero attached hydrogens (tertiary/aromatic N) is 5. The van der Waals surface area contributed by atoms with Crippen molar-refractivity contribution < 1.29 is 9.90 Å². The average Bonchev–Trinajstić information content (AvgIpc) is 3.05. The molecule has 9 heteroatoms. The number of hydrogen-bond donors (Lipinski definition) is 2. The predicted octanol–water partition coefficient (Wildman–Crippen LogP) is 1.18. The fourth-order valence-electron chi connectivity index (χ4n) is 2.00. The first kappa shape index (κ1) is 12.5. The molecule has 2 N–H and O–H groups in total. The van der Waals surface area contributed by atoms with E-state index in [1.165, 1.54) is 0 Å². The number of fused-ring (bicyclic) bond motifs is 1. The van der Waals surface area contributed by atoms with E-state index in [0.29, 0.717) is 27.9 Å². The third-order valence-corrected chi connectivity index (χ3v) is 3.21. The van der Waals surface area contributed by atoms with Crippen LogP contribution in [0, 0.1) is 0 Å². The third kappa shape index (κ3) is 2.10. The molecule has 0 aromatic carbocycles. The van der Waals surface area contributed by atoms with Crippen LogP contribution in [0.4, 0.5) is 0 Å². The number of aromatic nitrogens is 6. The van der Waals surface area contributed by atoms with Crippen LogP contribution in [0.1, 0.15) is 12.1 Å². The summed E-state index contributed by atoms with van der Waals surface area (Å²) in [5.41, 5.74) is 1.91. The van der Waals surface area contributed by atoms with E-state index in [-0.39, 0.29) is 12.8 Å². The van der Waals surface area contributed by atoms with Crippen molar-refractivity contribution >= 4 is 23.2 Å². The number of imidazole rings is 1. The summed E-state index contributed by atoms with van der Waals surface area (Å²) in [6.07, 6.45) is 1.86. The number of carboxylic acids is 1. The standard InChI is InChI=1S/C11H9ClN6O2/c12-6-1-3-9-13-5-8(11-14-16-17-15-11)18(9)7(6)2-4-10(19)20/h1,3,5H,2,4H2,(H,19,20)(H,14,15,16,17). The zero-order chi connectivity index (χ0) is 14.1. The van der Waals surface area contributed by atoms with Crippen molar-refractivity contribution in [2.24, 2.45) is 0 Å². The van der Waals surface area contributed by atoms with Gasteiger partial charge in [0.25, 0.3) is 0 Å². The lowest BCUT2D eigenvalue weighted by atomic mass is 10.2. The van der Waals surface area contributed by atoms with Gasteiger partial charge in [-0.25, -0.2) is 4.98 Å². The molecule has 3 rings (SSSR count). The molecule has 0 saturated carbocycles. The minimum absolute atomic E-state index is 0.0251. The van der Waals surface area contributed by atoms with Gasteiger partial charge in [-0.1, -0.05) is 11.6 Å². The summed E-state index contributed by atoms with van der Waals surface area (Å²) < 4.78 is 1.75. The second-order valence-corrected chi connectivity index (χ2v) is 4.50. The maximum Gasteiger partial charge on any atom is 0.303 e.